The van der Waals surface area contributed by atoms with Crippen LogP contribution in [0.4, 0.5) is 0 Å². The SMILES string of the molecule is CCOC(=O)C1=C(C)N=c2s/c(=C/c3ccc(OC(=O)c4cccc(Br)c4)c(OC)c3)c(=O)n2[C@@H]1c1ccccc1. The van der Waals surface area contributed by atoms with Gasteiger partial charge in [0.05, 0.1) is 41.1 Å². The fourth-order valence-electron chi connectivity index (χ4n) is 4.53. The molecule has 0 saturated carbocycles. The number of methoxy groups -OCH3 is 1. The largest absolute Gasteiger partial charge is 0.493 e. The Kier molecular flexibility index (Phi) is 8.32. The zero-order chi connectivity index (χ0) is 29.1. The molecule has 2 heterocycles. The van der Waals surface area contributed by atoms with E-state index < -0.39 is 18.0 Å². The van der Waals surface area contributed by atoms with E-state index >= 15 is 0 Å². The van der Waals surface area contributed by atoms with E-state index in [-0.39, 0.29) is 17.9 Å². The van der Waals surface area contributed by atoms with E-state index in [2.05, 4.69) is 20.9 Å². The zero-order valence-electron chi connectivity index (χ0n) is 22.4. The molecule has 0 saturated heterocycles. The van der Waals surface area contributed by atoms with Crippen molar-refractivity contribution in [2.75, 3.05) is 13.7 Å². The van der Waals surface area contributed by atoms with E-state index in [1.807, 2.05) is 36.4 Å². The number of hydrogen-bond acceptors (Lipinski definition) is 8. The number of aromatic nitrogens is 1. The molecule has 10 heteroatoms. The minimum absolute atomic E-state index is 0.206. The number of nitrogens with zero attached hydrogens (tertiary/aromatic N) is 2. The maximum absolute atomic E-state index is 13.8. The van der Waals surface area contributed by atoms with Gasteiger partial charge in [-0.3, -0.25) is 9.36 Å². The van der Waals surface area contributed by atoms with Crippen LogP contribution in [-0.2, 0) is 9.53 Å². The number of halogens is 1. The summed E-state index contributed by atoms with van der Waals surface area (Å²) in [5, 5.41) is 0. The lowest BCUT2D eigenvalue weighted by molar-refractivity contribution is -0.139. The Labute approximate surface area is 248 Å². The van der Waals surface area contributed by atoms with Crippen LogP contribution in [0.25, 0.3) is 6.08 Å². The number of carbonyl (C=O) groups is 2. The number of ether oxygens (including phenoxy) is 3. The Balaban J connectivity index is 1.55. The molecule has 0 amide bonds. The van der Waals surface area contributed by atoms with Gasteiger partial charge in [0.1, 0.15) is 0 Å². The molecular weight excluding hydrogens is 608 g/mol. The molecule has 1 atom stereocenters. The van der Waals surface area contributed by atoms with E-state index in [1.54, 1.807) is 56.3 Å². The number of carbonyl (C=O) groups excluding carboxylic acids is 2. The molecule has 3 aromatic carbocycles. The molecule has 1 aromatic heterocycles. The van der Waals surface area contributed by atoms with Gasteiger partial charge in [0.25, 0.3) is 5.56 Å². The van der Waals surface area contributed by atoms with Gasteiger partial charge in [-0.25, -0.2) is 14.6 Å². The molecule has 0 radical (unpaired) electrons. The topological polar surface area (TPSA) is 96.2 Å². The van der Waals surface area contributed by atoms with Crippen molar-refractivity contribution >= 4 is 45.3 Å². The first kappa shape index (κ1) is 28.3. The van der Waals surface area contributed by atoms with Crippen LogP contribution in [0.3, 0.4) is 0 Å². The van der Waals surface area contributed by atoms with Gasteiger partial charge in [-0.15, -0.1) is 0 Å². The monoisotopic (exact) mass is 632 g/mol. The summed E-state index contributed by atoms with van der Waals surface area (Å²) in [4.78, 5) is 44.5. The highest BCUT2D eigenvalue weighted by Crippen LogP contribution is 2.31. The molecular formula is C31H25BrN2O6S. The number of benzene rings is 3. The summed E-state index contributed by atoms with van der Waals surface area (Å²) in [6, 6.07) is 20.6. The van der Waals surface area contributed by atoms with E-state index in [0.717, 1.165) is 10.0 Å². The summed E-state index contributed by atoms with van der Waals surface area (Å²) in [6.07, 6.45) is 1.72. The van der Waals surface area contributed by atoms with Gasteiger partial charge in [-0.1, -0.05) is 69.7 Å². The molecule has 5 rings (SSSR count). The molecule has 0 N–H and O–H groups in total. The highest BCUT2D eigenvalue weighted by atomic mass is 79.9. The van der Waals surface area contributed by atoms with Crippen molar-refractivity contribution in [3.8, 4) is 11.5 Å². The number of esters is 2. The van der Waals surface area contributed by atoms with E-state index in [1.165, 1.54) is 23.0 Å². The minimum atomic E-state index is -0.678. The lowest BCUT2D eigenvalue weighted by Crippen LogP contribution is -2.39. The van der Waals surface area contributed by atoms with Crippen LogP contribution in [0.1, 0.15) is 41.4 Å². The van der Waals surface area contributed by atoms with Gasteiger partial charge < -0.3 is 14.2 Å². The molecule has 8 nitrogen and oxygen atoms in total. The predicted octanol–water partition coefficient (Wildman–Crippen LogP) is 4.79. The lowest BCUT2D eigenvalue weighted by atomic mass is 9.96. The Morgan fingerprint density at radius 2 is 1.80 bits per heavy atom. The van der Waals surface area contributed by atoms with Crippen molar-refractivity contribution < 1.29 is 23.8 Å². The minimum Gasteiger partial charge on any atom is -0.493 e. The fraction of sp³-hybridized carbons (Fsp3) is 0.161. The summed E-state index contributed by atoms with van der Waals surface area (Å²) < 4.78 is 19.1. The molecule has 0 fully saturated rings. The highest BCUT2D eigenvalue weighted by Gasteiger charge is 2.33. The second-order valence-electron chi connectivity index (χ2n) is 9.02. The Bertz CT molecular complexity index is 1860. The number of hydrogen-bond donors (Lipinski definition) is 0. The number of rotatable bonds is 7. The third-order valence-corrected chi connectivity index (χ3v) is 7.86. The average molecular weight is 634 g/mol. The third-order valence-electron chi connectivity index (χ3n) is 6.38. The zero-order valence-corrected chi connectivity index (χ0v) is 24.8. The van der Waals surface area contributed by atoms with Crippen LogP contribution >= 0.6 is 27.3 Å². The standard InChI is InChI=1S/C31H25BrN2O6S/c1-4-39-30(37)26-18(2)33-31-34(27(26)20-9-6-5-7-10-20)28(35)25(41-31)16-19-13-14-23(24(15-19)38-3)40-29(36)21-11-8-12-22(32)17-21/h5-17,27H,4H2,1-3H3/b25-16+/t27-/m1/s1. The number of fused-ring (bicyclic) bond motifs is 1. The van der Waals surface area contributed by atoms with E-state index in [4.69, 9.17) is 14.2 Å². The first-order valence-corrected chi connectivity index (χ1v) is 14.3. The average Bonchev–Trinajstić information content (AvgIpc) is 3.27. The van der Waals surface area contributed by atoms with Gasteiger partial charge in [0.2, 0.25) is 0 Å². The Morgan fingerprint density at radius 3 is 2.51 bits per heavy atom. The van der Waals surface area contributed by atoms with Crippen molar-refractivity contribution in [1.82, 2.24) is 4.57 Å². The summed E-state index contributed by atoms with van der Waals surface area (Å²) in [5.74, 6) is -0.457. The Morgan fingerprint density at radius 1 is 1.02 bits per heavy atom. The third kappa shape index (κ3) is 5.79. The number of thiazole rings is 1. The van der Waals surface area contributed by atoms with Crippen LogP contribution in [0.15, 0.2) is 98.3 Å². The van der Waals surface area contributed by atoms with Gasteiger partial charge in [-0.05, 0) is 61.4 Å². The summed E-state index contributed by atoms with van der Waals surface area (Å²) in [7, 11) is 1.48. The lowest BCUT2D eigenvalue weighted by Gasteiger charge is -2.24. The first-order valence-electron chi connectivity index (χ1n) is 12.7. The maximum atomic E-state index is 13.8. The van der Waals surface area contributed by atoms with Crippen LogP contribution in [0.2, 0.25) is 0 Å². The van der Waals surface area contributed by atoms with Crippen molar-refractivity contribution in [3.05, 3.63) is 125 Å². The van der Waals surface area contributed by atoms with Crippen LogP contribution < -0.4 is 24.4 Å². The number of allylic oxidation sites excluding steroid dienone is 1. The normalized spacial score (nSPS) is 14.7. The summed E-state index contributed by atoms with van der Waals surface area (Å²) in [6.45, 7) is 3.69. The molecule has 1 aliphatic rings. The van der Waals surface area contributed by atoms with Crippen molar-refractivity contribution in [1.29, 1.82) is 0 Å². The molecule has 0 unspecified atom stereocenters. The van der Waals surface area contributed by atoms with Crippen molar-refractivity contribution in [2.45, 2.75) is 19.9 Å². The van der Waals surface area contributed by atoms with Crippen LogP contribution in [0.5, 0.6) is 11.5 Å². The molecule has 4 aromatic rings. The second-order valence-corrected chi connectivity index (χ2v) is 10.9. The molecule has 0 aliphatic carbocycles. The van der Waals surface area contributed by atoms with E-state index in [9.17, 15) is 14.4 Å². The molecule has 1 aliphatic heterocycles. The molecule has 0 bridgehead atoms. The van der Waals surface area contributed by atoms with Gasteiger partial charge in [-0.2, -0.15) is 0 Å². The molecule has 208 valence electrons. The van der Waals surface area contributed by atoms with Crippen molar-refractivity contribution in [2.24, 2.45) is 4.99 Å². The highest BCUT2D eigenvalue weighted by molar-refractivity contribution is 9.10. The van der Waals surface area contributed by atoms with Gasteiger partial charge >= 0.3 is 11.9 Å². The van der Waals surface area contributed by atoms with E-state index in [0.29, 0.717) is 37.5 Å². The predicted molar refractivity (Wildman–Crippen MR) is 159 cm³/mol. The first-order chi connectivity index (χ1) is 19.8. The molecule has 0 spiro atoms. The molecule has 41 heavy (non-hydrogen) atoms. The van der Waals surface area contributed by atoms with Crippen LogP contribution in [0, 0.1) is 0 Å². The van der Waals surface area contributed by atoms with Gasteiger partial charge in [0, 0.05) is 4.47 Å². The fourth-order valence-corrected chi connectivity index (χ4v) is 5.97. The quantitative estimate of drug-likeness (QED) is 0.215. The summed E-state index contributed by atoms with van der Waals surface area (Å²) >= 11 is 4.58. The summed E-state index contributed by atoms with van der Waals surface area (Å²) in [5.41, 5.74) is 2.36. The second kappa shape index (κ2) is 12.1. The van der Waals surface area contributed by atoms with Gasteiger partial charge in [0.15, 0.2) is 16.3 Å². The maximum Gasteiger partial charge on any atom is 0.343 e. The smallest absolute Gasteiger partial charge is 0.343 e. The van der Waals surface area contributed by atoms with Crippen molar-refractivity contribution in [3.63, 3.8) is 0 Å². The van der Waals surface area contributed by atoms with Crippen LogP contribution in [-0.4, -0.2) is 30.2 Å². The Hall–Kier alpha value is -4.28.